The average Bonchev–Trinajstić information content (AvgIpc) is 3.68. The van der Waals surface area contributed by atoms with E-state index in [2.05, 4.69) is 193 Å². The summed E-state index contributed by atoms with van der Waals surface area (Å²) in [6.45, 7) is 0. The Bertz CT molecular complexity index is 2940. The van der Waals surface area contributed by atoms with Crippen LogP contribution in [0.1, 0.15) is 0 Å². The van der Waals surface area contributed by atoms with Gasteiger partial charge in [0.25, 0.3) is 0 Å². The van der Waals surface area contributed by atoms with E-state index in [1.54, 1.807) is 0 Å². The Morgan fingerprint density at radius 2 is 0.909 bits per heavy atom. The van der Waals surface area contributed by atoms with Gasteiger partial charge in [0.1, 0.15) is 5.69 Å². The first-order valence-corrected chi connectivity index (χ1v) is 18.5. The Kier molecular flexibility index (Phi) is 8.12. The molecule has 0 radical (unpaired) electrons. The third kappa shape index (κ3) is 6.06. The van der Waals surface area contributed by atoms with Crippen LogP contribution in [0.5, 0.6) is 0 Å². The molecule has 55 heavy (non-hydrogen) atoms. The highest BCUT2D eigenvalue weighted by molar-refractivity contribution is 6.17. The molecule has 0 saturated carbocycles. The topological polar surface area (TPSA) is 43.6 Å². The Hall–Kier alpha value is -7.43. The van der Waals surface area contributed by atoms with Crippen LogP contribution in [0.4, 0.5) is 0 Å². The van der Waals surface area contributed by atoms with Gasteiger partial charge in [0.15, 0.2) is 5.82 Å². The molecule has 0 unspecified atom stereocenters. The SMILES string of the molecule is c1ccc(-c2cccc(-c3nc(-c4ccccc4)cc(-c4ccc5c(c4)cc(-c4ccccc4)c4c(-c6ccccc6)nn(-c6ccccc6)c45)n3)c2)cc1. The number of rotatable bonds is 7. The zero-order valence-electron chi connectivity index (χ0n) is 29.9. The smallest absolute Gasteiger partial charge is 0.160 e. The highest BCUT2D eigenvalue weighted by atomic mass is 15.3. The zero-order valence-corrected chi connectivity index (χ0v) is 29.9. The van der Waals surface area contributed by atoms with Gasteiger partial charge in [-0.15, -0.1) is 0 Å². The third-order valence-electron chi connectivity index (χ3n) is 10.2. The quantitative estimate of drug-likeness (QED) is 0.166. The Balaban J connectivity index is 1.22. The lowest BCUT2D eigenvalue weighted by molar-refractivity contribution is 0.918. The second-order valence-electron chi connectivity index (χ2n) is 13.7. The summed E-state index contributed by atoms with van der Waals surface area (Å²) in [5.41, 5.74) is 13.4. The van der Waals surface area contributed by atoms with Gasteiger partial charge in [0.2, 0.25) is 0 Å². The molecule has 0 saturated heterocycles. The number of hydrogen-bond donors (Lipinski definition) is 0. The Morgan fingerprint density at radius 3 is 1.58 bits per heavy atom. The number of aromatic nitrogens is 4. The zero-order chi connectivity index (χ0) is 36.6. The predicted octanol–water partition coefficient (Wildman–Crippen LogP) is 13.0. The van der Waals surface area contributed by atoms with E-state index in [4.69, 9.17) is 15.1 Å². The van der Waals surface area contributed by atoms with E-state index in [-0.39, 0.29) is 0 Å². The standard InChI is InChI=1S/C51H34N4/c1-6-17-35(18-7-1)39-25-16-26-41(31-39)51-52-46(37-21-10-3-11-22-37)34-47(53-51)40-29-30-44-42(32-40)33-45(36-19-8-2-9-20-36)48-49(38-23-12-4-13-24-38)54-55(50(44)48)43-27-14-5-15-28-43/h1-34H. The first-order valence-electron chi connectivity index (χ1n) is 18.5. The normalized spacial score (nSPS) is 11.3. The lowest BCUT2D eigenvalue weighted by atomic mass is 9.92. The molecule has 0 spiro atoms. The highest BCUT2D eigenvalue weighted by Crippen LogP contribution is 2.42. The molecule has 2 aromatic heterocycles. The summed E-state index contributed by atoms with van der Waals surface area (Å²) in [6, 6.07) is 72.0. The third-order valence-corrected chi connectivity index (χ3v) is 10.2. The summed E-state index contributed by atoms with van der Waals surface area (Å²) < 4.78 is 2.11. The minimum Gasteiger partial charge on any atom is -0.232 e. The van der Waals surface area contributed by atoms with Gasteiger partial charge in [-0.1, -0.05) is 170 Å². The van der Waals surface area contributed by atoms with Gasteiger partial charge in [0.05, 0.1) is 22.6 Å². The van der Waals surface area contributed by atoms with Crippen molar-refractivity contribution in [1.82, 2.24) is 19.7 Å². The fourth-order valence-corrected chi connectivity index (χ4v) is 7.56. The van der Waals surface area contributed by atoms with Gasteiger partial charge in [-0.05, 0) is 64.0 Å². The summed E-state index contributed by atoms with van der Waals surface area (Å²) in [7, 11) is 0. The molecule has 0 bridgehead atoms. The molecule has 10 aromatic rings. The van der Waals surface area contributed by atoms with Crippen LogP contribution in [0.25, 0.3) is 94.8 Å². The molecular formula is C51H34N4. The van der Waals surface area contributed by atoms with Gasteiger partial charge in [0, 0.05) is 33.0 Å². The molecule has 0 aliphatic heterocycles. The van der Waals surface area contributed by atoms with Gasteiger partial charge >= 0.3 is 0 Å². The molecule has 0 fully saturated rings. The van der Waals surface area contributed by atoms with Crippen molar-refractivity contribution in [2.45, 2.75) is 0 Å². The molecule has 10 rings (SSSR count). The summed E-state index contributed by atoms with van der Waals surface area (Å²) in [4.78, 5) is 10.4. The molecule has 0 aliphatic rings. The minimum absolute atomic E-state index is 0.685. The molecule has 4 heteroatoms. The van der Waals surface area contributed by atoms with Crippen LogP contribution < -0.4 is 0 Å². The molecule has 0 amide bonds. The summed E-state index contributed by atoms with van der Waals surface area (Å²) >= 11 is 0. The number of nitrogens with zero attached hydrogens (tertiary/aromatic N) is 4. The van der Waals surface area contributed by atoms with Gasteiger partial charge in [-0.3, -0.25) is 0 Å². The van der Waals surface area contributed by atoms with Crippen molar-refractivity contribution in [3.8, 4) is 73.1 Å². The van der Waals surface area contributed by atoms with Crippen LogP contribution in [0, 0.1) is 0 Å². The molecule has 4 nitrogen and oxygen atoms in total. The molecule has 258 valence electrons. The van der Waals surface area contributed by atoms with Crippen LogP contribution in [0.2, 0.25) is 0 Å². The van der Waals surface area contributed by atoms with Crippen LogP contribution >= 0.6 is 0 Å². The largest absolute Gasteiger partial charge is 0.232 e. The van der Waals surface area contributed by atoms with E-state index in [0.29, 0.717) is 5.82 Å². The maximum atomic E-state index is 5.36. The van der Waals surface area contributed by atoms with E-state index in [0.717, 1.165) is 89.0 Å². The molecule has 0 atom stereocenters. The Labute approximate surface area is 319 Å². The van der Waals surface area contributed by atoms with Crippen molar-refractivity contribution >= 4 is 21.7 Å². The monoisotopic (exact) mass is 702 g/mol. The predicted molar refractivity (Wildman–Crippen MR) is 227 cm³/mol. The van der Waals surface area contributed by atoms with Crippen LogP contribution in [-0.4, -0.2) is 19.7 Å². The van der Waals surface area contributed by atoms with Gasteiger partial charge in [-0.25, -0.2) is 14.6 Å². The number of benzene rings is 8. The van der Waals surface area contributed by atoms with Crippen molar-refractivity contribution in [2.24, 2.45) is 0 Å². The molecule has 0 aliphatic carbocycles. The van der Waals surface area contributed by atoms with Gasteiger partial charge in [-0.2, -0.15) is 5.10 Å². The van der Waals surface area contributed by atoms with Crippen LogP contribution in [0.15, 0.2) is 206 Å². The number of para-hydroxylation sites is 1. The van der Waals surface area contributed by atoms with Crippen LogP contribution in [0.3, 0.4) is 0 Å². The summed E-state index contributed by atoms with van der Waals surface area (Å²) in [6.07, 6.45) is 0. The van der Waals surface area contributed by atoms with E-state index in [1.807, 2.05) is 18.2 Å². The maximum absolute atomic E-state index is 5.36. The fraction of sp³-hybridized carbons (Fsp3) is 0. The average molecular weight is 703 g/mol. The van der Waals surface area contributed by atoms with Crippen molar-refractivity contribution < 1.29 is 0 Å². The van der Waals surface area contributed by atoms with Crippen molar-refractivity contribution in [2.75, 3.05) is 0 Å². The lowest BCUT2D eigenvalue weighted by Gasteiger charge is -2.13. The fourth-order valence-electron chi connectivity index (χ4n) is 7.56. The van der Waals surface area contributed by atoms with Crippen molar-refractivity contribution in [1.29, 1.82) is 0 Å². The van der Waals surface area contributed by atoms with E-state index in [9.17, 15) is 0 Å². The number of hydrogen-bond acceptors (Lipinski definition) is 3. The summed E-state index contributed by atoms with van der Waals surface area (Å²) in [5.74, 6) is 0.685. The highest BCUT2D eigenvalue weighted by Gasteiger charge is 2.22. The first kappa shape index (κ1) is 32.2. The first-order chi connectivity index (χ1) is 27.3. The van der Waals surface area contributed by atoms with Crippen LogP contribution in [-0.2, 0) is 0 Å². The molecular weight excluding hydrogens is 669 g/mol. The number of fused-ring (bicyclic) bond motifs is 3. The molecule has 0 N–H and O–H groups in total. The Morgan fingerprint density at radius 1 is 0.364 bits per heavy atom. The van der Waals surface area contributed by atoms with E-state index < -0.39 is 0 Å². The lowest BCUT2D eigenvalue weighted by Crippen LogP contribution is -1.98. The van der Waals surface area contributed by atoms with Crippen molar-refractivity contribution in [3.63, 3.8) is 0 Å². The maximum Gasteiger partial charge on any atom is 0.160 e. The minimum atomic E-state index is 0.685. The molecule has 2 heterocycles. The summed E-state index contributed by atoms with van der Waals surface area (Å²) in [5, 5.41) is 8.70. The second-order valence-corrected chi connectivity index (χ2v) is 13.7. The second kappa shape index (κ2) is 13.8. The van der Waals surface area contributed by atoms with E-state index >= 15 is 0 Å². The van der Waals surface area contributed by atoms with Gasteiger partial charge < -0.3 is 0 Å². The van der Waals surface area contributed by atoms with E-state index in [1.165, 1.54) is 0 Å². The van der Waals surface area contributed by atoms with Crippen molar-refractivity contribution in [3.05, 3.63) is 206 Å². The molecule has 8 aromatic carbocycles.